The van der Waals surface area contributed by atoms with Crippen LogP contribution in [0.5, 0.6) is 0 Å². The predicted molar refractivity (Wildman–Crippen MR) is 133 cm³/mol. The van der Waals surface area contributed by atoms with E-state index in [9.17, 15) is 14.7 Å². The lowest BCUT2D eigenvalue weighted by atomic mass is 9.95. The maximum absolute atomic E-state index is 13.7. The zero-order valence-corrected chi connectivity index (χ0v) is 19.1. The van der Waals surface area contributed by atoms with E-state index in [2.05, 4.69) is 6.07 Å². The molecule has 6 nitrogen and oxygen atoms in total. The van der Waals surface area contributed by atoms with E-state index >= 15 is 0 Å². The Morgan fingerprint density at radius 2 is 1.74 bits per heavy atom. The van der Waals surface area contributed by atoms with Crippen LogP contribution >= 0.6 is 0 Å². The molecule has 5 rings (SSSR count). The number of nitrogens with zero attached hydrogens (tertiary/aromatic N) is 3. The van der Waals surface area contributed by atoms with Crippen molar-refractivity contribution in [3.8, 4) is 0 Å². The molecule has 172 valence electrons. The van der Waals surface area contributed by atoms with E-state index in [1.54, 1.807) is 10.6 Å². The quantitative estimate of drug-likeness (QED) is 0.460. The Balaban J connectivity index is 1.57. The molecule has 0 aliphatic carbocycles. The van der Waals surface area contributed by atoms with Crippen molar-refractivity contribution in [1.82, 2.24) is 9.55 Å². The number of hydrogen-bond donors (Lipinski definition) is 1. The third kappa shape index (κ3) is 4.01. The Morgan fingerprint density at radius 1 is 0.971 bits per heavy atom. The molecule has 1 atom stereocenters. The van der Waals surface area contributed by atoms with Crippen molar-refractivity contribution in [2.75, 3.05) is 11.5 Å². The Labute approximate surface area is 198 Å². The molecule has 0 radical (unpaired) electrons. The first-order valence-electron chi connectivity index (χ1n) is 11.6. The Morgan fingerprint density at radius 3 is 2.53 bits per heavy atom. The highest BCUT2D eigenvalue weighted by molar-refractivity contribution is 6.05. The predicted octanol–water partition coefficient (Wildman–Crippen LogP) is 3.96. The van der Waals surface area contributed by atoms with Crippen LogP contribution in [0.4, 0.5) is 5.69 Å². The zero-order valence-electron chi connectivity index (χ0n) is 19.1. The number of aromatic nitrogens is 2. The summed E-state index contributed by atoms with van der Waals surface area (Å²) >= 11 is 0. The van der Waals surface area contributed by atoms with Gasteiger partial charge in [0, 0.05) is 25.3 Å². The summed E-state index contributed by atoms with van der Waals surface area (Å²) in [4.78, 5) is 33.6. The van der Waals surface area contributed by atoms with Crippen LogP contribution in [-0.4, -0.2) is 27.2 Å². The average molecular weight is 454 g/mol. The number of hydrogen-bond acceptors (Lipinski definition) is 4. The van der Waals surface area contributed by atoms with E-state index in [0.29, 0.717) is 42.7 Å². The number of anilines is 1. The maximum Gasteiger partial charge on any atom is 0.261 e. The van der Waals surface area contributed by atoms with Crippen molar-refractivity contribution in [1.29, 1.82) is 0 Å². The van der Waals surface area contributed by atoms with Gasteiger partial charge < -0.3 is 10.0 Å². The van der Waals surface area contributed by atoms with Gasteiger partial charge in [0.25, 0.3) is 5.56 Å². The number of carbonyl (C=O) groups excluding carboxylic acids is 1. The molecular formula is C28H27N3O3. The first-order chi connectivity index (χ1) is 16.6. The number of amides is 1. The summed E-state index contributed by atoms with van der Waals surface area (Å²) in [5.74, 6) is 0.164. The summed E-state index contributed by atoms with van der Waals surface area (Å²) in [6, 6.07) is 23.3. The lowest BCUT2D eigenvalue weighted by Gasteiger charge is -2.19. The van der Waals surface area contributed by atoms with Crippen molar-refractivity contribution in [2.45, 2.75) is 38.8 Å². The fraction of sp³-hybridized carbons (Fsp3) is 0.250. The van der Waals surface area contributed by atoms with Crippen LogP contribution in [0.2, 0.25) is 0 Å². The molecule has 1 N–H and O–H groups in total. The van der Waals surface area contributed by atoms with Gasteiger partial charge in [0.15, 0.2) is 0 Å². The number of aliphatic hydroxyl groups excluding tert-OH is 1. The number of carbonyl (C=O) groups is 1. The van der Waals surface area contributed by atoms with Crippen LogP contribution < -0.4 is 10.5 Å². The van der Waals surface area contributed by atoms with Crippen molar-refractivity contribution >= 4 is 22.5 Å². The smallest absolute Gasteiger partial charge is 0.261 e. The summed E-state index contributed by atoms with van der Waals surface area (Å²) in [6.45, 7) is 2.85. The van der Waals surface area contributed by atoms with Gasteiger partial charge in [-0.1, -0.05) is 60.2 Å². The van der Waals surface area contributed by atoms with Crippen LogP contribution in [-0.2, 0) is 24.3 Å². The summed E-state index contributed by atoms with van der Waals surface area (Å²) < 4.78 is 1.63. The summed E-state index contributed by atoms with van der Waals surface area (Å²) in [5, 5.41) is 9.93. The lowest BCUT2D eigenvalue weighted by molar-refractivity contribution is -0.119. The van der Waals surface area contributed by atoms with Gasteiger partial charge in [-0.2, -0.15) is 0 Å². The number of aryl methyl sites for hydroxylation is 1. The number of benzene rings is 3. The molecule has 0 unspecified atom stereocenters. The highest BCUT2D eigenvalue weighted by Crippen LogP contribution is 2.40. The van der Waals surface area contributed by atoms with Crippen LogP contribution in [0.15, 0.2) is 77.6 Å². The van der Waals surface area contributed by atoms with Gasteiger partial charge in [-0.05, 0) is 42.7 Å². The normalized spacial score (nSPS) is 15.2. The average Bonchev–Trinajstić information content (AvgIpc) is 3.09. The SMILES string of the molecule is Cc1ccc2c(c1)[C@H](Cc1nc3ccccc3c(=O)n1CCCO)C(=O)N2Cc1ccccc1. The standard InChI is InChI=1S/C28H27N3O3/c1-19-12-13-25-22(16-19)23(28(34)31(25)18-20-8-3-2-4-9-20)17-26-29-24-11-6-5-10-21(24)27(33)30(26)14-7-15-32/h2-6,8-13,16,23,32H,7,14-15,17-18H2,1H3/t23-/m0/s1. The highest BCUT2D eigenvalue weighted by Gasteiger charge is 2.38. The van der Waals surface area contributed by atoms with Gasteiger partial charge in [0.1, 0.15) is 5.82 Å². The van der Waals surface area contributed by atoms with E-state index < -0.39 is 5.92 Å². The number of rotatable bonds is 7. The van der Waals surface area contributed by atoms with Crippen molar-refractivity contribution < 1.29 is 9.90 Å². The second-order valence-corrected chi connectivity index (χ2v) is 8.81. The van der Waals surface area contributed by atoms with Crippen LogP contribution in [0.25, 0.3) is 10.9 Å². The number of aliphatic hydroxyl groups is 1. The molecule has 1 amide bonds. The van der Waals surface area contributed by atoms with Gasteiger partial charge in [-0.25, -0.2) is 4.98 Å². The van der Waals surface area contributed by atoms with Crippen molar-refractivity contribution in [2.24, 2.45) is 0 Å². The largest absolute Gasteiger partial charge is 0.396 e. The molecule has 34 heavy (non-hydrogen) atoms. The molecular weight excluding hydrogens is 426 g/mol. The Hall–Kier alpha value is -3.77. The molecule has 0 saturated heterocycles. The molecule has 1 aliphatic rings. The molecule has 0 fully saturated rings. The fourth-order valence-electron chi connectivity index (χ4n) is 4.78. The molecule has 3 aromatic carbocycles. The minimum atomic E-state index is -0.424. The fourth-order valence-corrected chi connectivity index (χ4v) is 4.78. The van der Waals surface area contributed by atoms with Gasteiger partial charge in [-0.3, -0.25) is 14.2 Å². The molecule has 1 aliphatic heterocycles. The first-order valence-corrected chi connectivity index (χ1v) is 11.6. The summed E-state index contributed by atoms with van der Waals surface area (Å²) in [5.41, 5.74) is 4.52. The molecule has 0 spiro atoms. The number of fused-ring (bicyclic) bond motifs is 2. The van der Waals surface area contributed by atoms with Crippen LogP contribution in [0.3, 0.4) is 0 Å². The second kappa shape index (κ2) is 9.23. The molecule has 4 aromatic rings. The van der Waals surface area contributed by atoms with Crippen molar-refractivity contribution in [3.63, 3.8) is 0 Å². The Kier molecular flexibility index (Phi) is 5.99. The van der Waals surface area contributed by atoms with Gasteiger partial charge in [0.05, 0.1) is 23.4 Å². The lowest BCUT2D eigenvalue weighted by Crippen LogP contribution is -2.31. The minimum absolute atomic E-state index is 0.0144. The third-order valence-corrected chi connectivity index (χ3v) is 6.46. The Bertz CT molecular complexity index is 1410. The molecule has 0 saturated carbocycles. The molecule has 2 heterocycles. The van der Waals surface area contributed by atoms with E-state index in [1.165, 1.54) is 0 Å². The van der Waals surface area contributed by atoms with E-state index in [0.717, 1.165) is 22.4 Å². The third-order valence-electron chi connectivity index (χ3n) is 6.46. The van der Waals surface area contributed by atoms with Gasteiger partial charge in [-0.15, -0.1) is 0 Å². The number of para-hydroxylation sites is 1. The topological polar surface area (TPSA) is 75.4 Å². The molecule has 1 aromatic heterocycles. The van der Waals surface area contributed by atoms with Crippen molar-refractivity contribution in [3.05, 3.63) is 106 Å². The molecule has 6 heteroatoms. The van der Waals surface area contributed by atoms with Crippen LogP contribution in [0, 0.1) is 6.92 Å². The van der Waals surface area contributed by atoms with E-state index in [-0.39, 0.29) is 18.1 Å². The molecule has 0 bridgehead atoms. The van der Waals surface area contributed by atoms with E-state index in [1.807, 2.05) is 72.5 Å². The summed E-state index contributed by atoms with van der Waals surface area (Å²) in [7, 11) is 0. The van der Waals surface area contributed by atoms with Gasteiger partial charge >= 0.3 is 0 Å². The van der Waals surface area contributed by atoms with E-state index in [4.69, 9.17) is 4.98 Å². The monoisotopic (exact) mass is 453 g/mol. The maximum atomic E-state index is 13.7. The zero-order chi connectivity index (χ0) is 23.7. The first kappa shape index (κ1) is 22.0. The van der Waals surface area contributed by atoms with Crippen LogP contribution in [0.1, 0.15) is 34.9 Å². The highest BCUT2D eigenvalue weighted by atomic mass is 16.3. The second-order valence-electron chi connectivity index (χ2n) is 8.81. The minimum Gasteiger partial charge on any atom is -0.396 e. The summed E-state index contributed by atoms with van der Waals surface area (Å²) in [6.07, 6.45) is 0.771. The van der Waals surface area contributed by atoms with Gasteiger partial charge in [0.2, 0.25) is 5.91 Å².